The van der Waals surface area contributed by atoms with Gasteiger partial charge in [0.15, 0.2) is 13.1 Å². The van der Waals surface area contributed by atoms with E-state index in [4.69, 9.17) is 16.3 Å². The Kier molecular flexibility index (Phi) is 8.96. The maximum atomic E-state index is 12.3. The van der Waals surface area contributed by atoms with E-state index in [-0.39, 0.29) is 30.8 Å². The Bertz CT molecular complexity index is 814. The lowest BCUT2D eigenvalue weighted by Gasteiger charge is -2.18. The molecule has 0 aliphatic carbocycles. The monoisotopic (exact) mass is 418 g/mol. The first-order chi connectivity index (χ1) is 13.9. The maximum absolute atomic E-state index is 12.3. The molecule has 3 N–H and O–H groups in total. The molecule has 0 aromatic heterocycles. The van der Waals surface area contributed by atoms with E-state index in [0.717, 1.165) is 11.3 Å². The highest BCUT2D eigenvalue weighted by Crippen LogP contribution is 2.27. The third-order valence-corrected chi connectivity index (χ3v) is 4.90. The van der Waals surface area contributed by atoms with E-state index < -0.39 is 0 Å². The molecule has 0 heterocycles. The number of benzene rings is 2. The zero-order valence-corrected chi connectivity index (χ0v) is 17.9. The van der Waals surface area contributed by atoms with Gasteiger partial charge in [-0.2, -0.15) is 0 Å². The third kappa shape index (κ3) is 7.40. The Balaban J connectivity index is 1.80. The smallest absolute Gasteiger partial charge is 0.279 e. The molecule has 6 nitrogen and oxygen atoms in total. The largest absolute Gasteiger partial charge is 0.495 e. The fourth-order valence-corrected chi connectivity index (χ4v) is 3.28. The first-order valence-electron chi connectivity index (χ1n) is 9.69. The quantitative estimate of drug-likeness (QED) is 0.553. The highest BCUT2D eigenvalue weighted by molar-refractivity contribution is 6.31. The number of rotatable bonds is 10. The summed E-state index contributed by atoms with van der Waals surface area (Å²) in [6, 6.07) is 15.2. The molecule has 0 spiro atoms. The molecular weight excluding hydrogens is 390 g/mol. The van der Waals surface area contributed by atoms with Gasteiger partial charge in [0.25, 0.3) is 11.8 Å². The zero-order valence-electron chi connectivity index (χ0n) is 17.1. The molecule has 1 unspecified atom stereocenters. The molecule has 0 aliphatic rings. The van der Waals surface area contributed by atoms with E-state index in [1.54, 1.807) is 18.2 Å². The number of likely N-dealkylation sites (N-methyl/N-ethyl adjacent to an activating group) is 1. The summed E-state index contributed by atoms with van der Waals surface area (Å²) in [5.74, 6) is 0.514. The van der Waals surface area contributed by atoms with Crippen molar-refractivity contribution in [3.8, 4) is 5.75 Å². The van der Waals surface area contributed by atoms with Crippen molar-refractivity contribution in [1.82, 2.24) is 5.32 Å². The van der Waals surface area contributed by atoms with Gasteiger partial charge in [-0.1, -0.05) is 48.9 Å². The Morgan fingerprint density at radius 2 is 1.79 bits per heavy atom. The second-order valence-electron chi connectivity index (χ2n) is 7.02. The summed E-state index contributed by atoms with van der Waals surface area (Å²) in [6.07, 6.45) is 0.941. The molecule has 2 atom stereocenters. The zero-order chi connectivity index (χ0) is 21.2. The summed E-state index contributed by atoms with van der Waals surface area (Å²) in [5.41, 5.74) is 1.72. The number of hydrogen-bond donors (Lipinski definition) is 3. The topological polar surface area (TPSA) is 71.9 Å². The number of quaternary nitrogens is 1. The molecule has 0 saturated heterocycles. The van der Waals surface area contributed by atoms with Crippen molar-refractivity contribution in [1.29, 1.82) is 0 Å². The summed E-state index contributed by atoms with van der Waals surface area (Å²) >= 11 is 5.98. The molecule has 0 saturated carbocycles. The number of carbonyl (C=O) groups excluding carboxylic acids is 2. The standard InChI is InChI=1S/C22H28ClN3O3/c1-4-16(17-8-6-5-7-9-17)13-24-21(27)14-26(2)15-22(28)25-19-12-18(23)10-11-20(19)29-3/h5-12,16H,4,13-15H2,1-3H3,(H,24,27)(H,25,28)/p+1/t16-/m0/s1. The molecule has 2 rings (SSSR count). The van der Waals surface area contributed by atoms with E-state index in [0.29, 0.717) is 23.0 Å². The van der Waals surface area contributed by atoms with Crippen molar-refractivity contribution >= 4 is 29.1 Å². The van der Waals surface area contributed by atoms with Gasteiger partial charge >= 0.3 is 0 Å². The van der Waals surface area contributed by atoms with Gasteiger partial charge in [0.2, 0.25) is 0 Å². The van der Waals surface area contributed by atoms with Gasteiger partial charge in [-0.05, 0) is 30.2 Å². The number of ether oxygens (including phenoxy) is 1. The van der Waals surface area contributed by atoms with E-state index in [1.165, 1.54) is 12.7 Å². The van der Waals surface area contributed by atoms with Crippen LogP contribution in [-0.2, 0) is 9.59 Å². The second kappa shape index (κ2) is 11.4. The molecule has 0 fully saturated rings. The molecular formula is C22H29ClN3O3+. The van der Waals surface area contributed by atoms with Crippen LogP contribution in [0.15, 0.2) is 48.5 Å². The molecule has 2 amide bonds. The van der Waals surface area contributed by atoms with Crippen LogP contribution in [0.1, 0.15) is 24.8 Å². The van der Waals surface area contributed by atoms with Crippen LogP contribution in [0.4, 0.5) is 5.69 Å². The molecule has 2 aromatic rings. The van der Waals surface area contributed by atoms with Crippen LogP contribution in [0, 0.1) is 0 Å². The number of halogens is 1. The Morgan fingerprint density at radius 1 is 1.10 bits per heavy atom. The molecule has 7 heteroatoms. The number of carbonyl (C=O) groups is 2. The van der Waals surface area contributed by atoms with Crippen molar-refractivity contribution in [2.45, 2.75) is 19.3 Å². The minimum absolute atomic E-state index is 0.0787. The van der Waals surface area contributed by atoms with E-state index >= 15 is 0 Å². The average Bonchev–Trinajstić information content (AvgIpc) is 2.69. The lowest BCUT2D eigenvalue weighted by atomic mass is 9.96. The highest BCUT2D eigenvalue weighted by Gasteiger charge is 2.17. The molecule has 0 radical (unpaired) electrons. The van der Waals surface area contributed by atoms with Gasteiger partial charge in [-0.25, -0.2) is 0 Å². The molecule has 2 aromatic carbocycles. The van der Waals surface area contributed by atoms with Gasteiger partial charge in [0.1, 0.15) is 5.75 Å². The first kappa shape index (κ1) is 22.7. The fraction of sp³-hybridized carbons (Fsp3) is 0.364. The molecule has 0 aliphatic heterocycles. The van der Waals surface area contributed by atoms with Crippen LogP contribution in [0.2, 0.25) is 5.02 Å². The van der Waals surface area contributed by atoms with Crippen LogP contribution in [0.5, 0.6) is 5.75 Å². The maximum Gasteiger partial charge on any atom is 0.279 e. The Labute approximate surface area is 177 Å². The minimum atomic E-state index is -0.216. The van der Waals surface area contributed by atoms with Crippen molar-refractivity contribution in [3.05, 3.63) is 59.1 Å². The SMILES string of the molecule is CC[C@@H](CNC(=O)C[NH+](C)CC(=O)Nc1cc(Cl)ccc1OC)c1ccccc1. The summed E-state index contributed by atoms with van der Waals surface area (Å²) in [6.45, 7) is 3.05. The summed E-state index contributed by atoms with van der Waals surface area (Å²) in [7, 11) is 3.34. The van der Waals surface area contributed by atoms with Gasteiger partial charge in [0, 0.05) is 17.5 Å². The molecule has 0 bridgehead atoms. The van der Waals surface area contributed by atoms with Gasteiger partial charge in [-0.15, -0.1) is 0 Å². The molecule has 29 heavy (non-hydrogen) atoms. The number of amides is 2. The average molecular weight is 419 g/mol. The van der Waals surface area contributed by atoms with Crippen molar-refractivity contribution in [3.63, 3.8) is 0 Å². The summed E-state index contributed by atoms with van der Waals surface area (Å²) < 4.78 is 5.23. The Hall–Kier alpha value is -2.57. The third-order valence-electron chi connectivity index (χ3n) is 4.67. The van der Waals surface area contributed by atoms with Crippen LogP contribution in [-0.4, -0.2) is 45.6 Å². The lowest BCUT2D eigenvalue weighted by molar-refractivity contribution is -0.862. The van der Waals surface area contributed by atoms with Crippen molar-refractivity contribution < 1.29 is 19.2 Å². The summed E-state index contributed by atoms with van der Waals surface area (Å²) in [4.78, 5) is 25.4. The van der Waals surface area contributed by atoms with E-state index in [9.17, 15) is 9.59 Å². The highest BCUT2D eigenvalue weighted by atomic mass is 35.5. The number of methoxy groups -OCH3 is 1. The van der Waals surface area contributed by atoms with Crippen LogP contribution in [0.3, 0.4) is 0 Å². The first-order valence-corrected chi connectivity index (χ1v) is 10.1. The van der Waals surface area contributed by atoms with Crippen LogP contribution in [0.25, 0.3) is 0 Å². The minimum Gasteiger partial charge on any atom is -0.495 e. The normalized spacial score (nSPS) is 12.7. The number of anilines is 1. The van der Waals surface area contributed by atoms with E-state index in [1.807, 2.05) is 25.2 Å². The summed E-state index contributed by atoms with van der Waals surface area (Å²) in [5, 5.41) is 6.27. The van der Waals surface area contributed by atoms with Crippen LogP contribution >= 0.6 is 11.6 Å². The fourth-order valence-electron chi connectivity index (χ4n) is 3.11. The predicted octanol–water partition coefficient (Wildman–Crippen LogP) is 2.11. The Morgan fingerprint density at radius 3 is 2.45 bits per heavy atom. The van der Waals surface area contributed by atoms with E-state index in [2.05, 4.69) is 29.7 Å². The second-order valence-corrected chi connectivity index (χ2v) is 7.46. The van der Waals surface area contributed by atoms with Gasteiger partial charge in [-0.3, -0.25) is 9.59 Å². The van der Waals surface area contributed by atoms with Crippen molar-refractivity contribution in [2.24, 2.45) is 0 Å². The van der Waals surface area contributed by atoms with Gasteiger partial charge in [0.05, 0.1) is 19.8 Å². The molecule has 156 valence electrons. The predicted molar refractivity (Wildman–Crippen MR) is 116 cm³/mol. The van der Waals surface area contributed by atoms with Crippen molar-refractivity contribution in [2.75, 3.05) is 39.1 Å². The van der Waals surface area contributed by atoms with Crippen LogP contribution < -0.4 is 20.3 Å². The van der Waals surface area contributed by atoms with Gasteiger partial charge < -0.3 is 20.3 Å². The lowest BCUT2D eigenvalue weighted by Crippen LogP contribution is -3.11. The number of nitrogens with one attached hydrogen (secondary N) is 3. The number of hydrogen-bond acceptors (Lipinski definition) is 3.